The van der Waals surface area contributed by atoms with Crippen LogP contribution in [0.25, 0.3) is 22.1 Å². The van der Waals surface area contributed by atoms with E-state index in [9.17, 15) is 0 Å². The van der Waals surface area contributed by atoms with E-state index in [4.69, 9.17) is 4.42 Å². The van der Waals surface area contributed by atoms with Crippen molar-refractivity contribution >= 4 is 68.4 Å². The molecular weight excluding hydrogens is 763 g/mol. The second kappa shape index (κ2) is 13.3. The second-order valence-electron chi connectivity index (χ2n) is 23.2. The van der Waals surface area contributed by atoms with Gasteiger partial charge >= 0.3 is 0 Å². The molecule has 0 N–H and O–H groups in total. The van der Waals surface area contributed by atoms with Gasteiger partial charge in [0.05, 0.1) is 5.69 Å². The molecule has 7 aromatic rings. The molecule has 0 fully saturated rings. The molecular formula is C59H63BN2O. The smallest absolute Gasteiger partial charge is 0.257 e. The number of furan rings is 1. The monoisotopic (exact) mass is 827 g/mol. The van der Waals surface area contributed by atoms with Crippen LogP contribution >= 0.6 is 0 Å². The SMILES string of the molecule is Cc1cc2c3c(c1)N(c1ccc(C(C)(C)C)cc1-c1ccccc1)c1oc4ccccc4c1B3c1cc3c(cc1N2c1ccc2c(c1)C(C)(C)CCC2(C)C)C(C)(C)CCC3(C)C. The Balaban J connectivity index is 1.27. The van der Waals surface area contributed by atoms with E-state index in [1.54, 1.807) is 0 Å². The van der Waals surface area contributed by atoms with Crippen LogP contribution in [0.5, 0.6) is 0 Å². The van der Waals surface area contributed by atoms with Crippen LogP contribution in [0.1, 0.15) is 135 Å². The molecule has 0 saturated carbocycles. The highest BCUT2D eigenvalue weighted by Gasteiger charge is 2.49. The predicted molar refractivity (Wildman–Crippen MR) is 270 cm³/mol. The van der Waals surface area contributed by atoms with E-state index < -0.39 is 0 Å². The molecule has 3 nitrogen and oxygen atoms in total. The van der Waals surface area contributed by atoms with Gasteiger partial charge in [0.1, 0.15) is 5.58 Å². The van der Waals surface area contributed by atoms with Crippen LogP contribution in [0.3, 0.4) is 0 Å². The molecule has 2 aliphatic heterocycles. The lowest BCUT2D eigenvalue weighted by atomic mass is 9.33. The Morgan fingerprint density at radius 1 is 0.524 bits per heavy atom. The van der Waals surface area contributed by atoms with Crippen molar-refractivity contribution in [1.82, 2.24) is 0 Å². The molecule has 11 rings (SSSR count). The van der Waals surface area contributed by atoms with E-state index in [0.717, 1.165) is 23.6 Å². The van der Waals surface area contributed by atoms with E-state index >= 15 is 0 Å². The van der Waals surface area contributed by atoms with Gasteiger partial charge in [0.25, 0.3) is 6.71 Å². The van der Waals surface area contributed by atoms with Gasteiger partial charge in [0.2, 0.25) is 5.88 Å². The van der Waals surface area contributed by atoms with Crippen molar-refractivity contribution in [2.45, 2.75) is 136 Å². The third-order valence-electron chi connectivity index (χ3n) is 16.0. The summed E-state index contributed by atoms with van der Waals surface area (Å²) < 4.78 is 7.27. The molecule has 4 heteroatoms. The van der Waals surface area contributed by atoms with Gasteiger partial charge in [-0.3, -0.25) is 4.90 Å². The Hall–Kier alpha value is -5.48. The summed E-state index contributed by atoms with van der Waals surface area (Å²) in [6, 6.07) is 44.5. The number of rotatable bonds is 3. The van der Waals surface area contributed by atoms with Gasteiger partial charge in [-0.1, -0.05) is 143 Å². The van der Waals surface area contributed by atoms with Gasteiger partial charge < -0.3 is 9.32 Å². The molecule has 0 atom stereocenters. The number of fused-ring (bicyclic) bond motifs is 8. The fourth-order valence-electron chi connectivity index (χ4n) is 11.9. The van der Waals surface area contributed by atoms with E-state index in [-0.39, 0.29) is 33.8 Å². The Bertz CT molecular complexity index is 3030. The number of hydrogen-bond acceptors (Lipinski definition) is 3. The number of para-hydroxylation sites is 1. The van der Waals surface area contributed by atoms with Crippen LogP contribution in [0.4, 0.5) is 34.3 Å². The first-order valence-electron chi connectivity index (χ1n) is 23.6. The first-order valence-corrected chi connectivity index (χ1v) is 23.6. The topological polar surface area (TPSA) is 19.6 Å². The lowest BCUT2D eigenvalue weighted by Crippen LogP contribution is -2.61. The van der Waals surface area contributed by atoms with Crippen molar-refractivity contribution in [1.29, 1.82) is 0 Å². The van der Waals surface area contributed by atoms with Crippen molar-refractivity contribution in [3.05, 3.63) is 149 Å². The maximum atomic E-state index is 7.27. The molecule has 318 valence electrons. The third kappa shape index (κ3) is 5.99. The molecule has 0 radical (unpaired) electrons. The summed E-state index contributed by atoms with van der Waals surface area (Å²) >= 11 is 0. The van der Waals surface area contributed by atoms with E-state index in [1.165, 1.54) is 108 Å². The van der Waals surface area contributed by atoms with Crippen molar-refractivity contribution in [3.63, 3.8) is 0 Å². The highest BCUT2D eigenvalue weighted by Crippen LogP contribution is 2.54. The van der Waals surface area contributed by atoms with Crippen LogP contribution in [0, 0.1) is 6.92 Å². The van der Waals surface area contributed by atoms with Crippen LogP contribution in [-0.2, 0) is 27.1 Å². The first-order chi connectivity index (χ1) is 29.7. The molecule has 6 aromatic carbocycles. The average molecular weight is 827 g/mol. The highest BCUT2D eigenvalue weighted by molar-refractivity contribution is 7.01. The minimum Gasteiger partial charge on any atom is -0.440 e. The zero-order chi connectivity index (χ0) is 44.2. The van der Waals surface area contributed by atoms with Crippen LogP contribution in [0.2, 0.25) is 0 Å². The number of hydrogen-bond donors (Lipinski definition) is 0. The Morgan fingerprint density at radius 2 is 1.11 bits per heavy atom. The molecule has 0 spiro atoms. The molecule has 0 bridgehead atoms. The molecule has 63 heavy (non-hydrogen) atoms. The van der Waals surface area contributed by atoms with Crippen molar-refractivity contribution in [3.8, 4) is 11.1 Å². The number of aryl methyl sites for hydroxylation is 1. The molecule has 0 amide bonds. The molecule has 4 aliphatic rings. The number of anilines is 6. The summed E-state index contributed by atoms with van der Waals surface area (Å²) in [5.74, 6) is 0.917. The fourth-order valence-corrected chi connectivity index (χ4v) is 11.9. The van der Waals surface area contributed by atoms with Gasteiger partial charge in [0, 0.05) is 39.2 Å². The Morgan fingerprint density at radius 3 is 1.78 bits per heavy atom. The molecule has 1 aromatic heterocycles. The lowest BCUT2D eigenvalue weighted by molar-refractivity contribution is 0.332. The summed E-state index contributed by atoms with van der Waals surface area (Å²) in [5.41, 5.74) is 22.2. The molecule has 2 aliphatic carbocycles. The third-order valence-corrected chi connectivity index (χ3v) is 16.0. The number of benzene rings is 6. The van der Waals surface area contributed by atoms with Gasteiger partial charge in [0.15, 0.2) is 0 Å². The van der Waals surface area contributed by atoms with Gasteiger partial charge in [-0.15, -0.1) is 0 Å². The van der Waals surface area contributed by atoms with Gasteiger partial charge in [-0.05, 0) is 158 Å². The standard InChI is InChI=1S/C59H63BN2O/c1-36-30-49-53-50(31-36)62(47-25-22-38(55(2,3)4)32-41(47)37-18-14-13-15-19-37)54-52(40-20-16-17-21-51(40)63-54)60(53)46-34-44-45(59(11,12)29-28-58(44,9)10)35-48(46)61(49)39-23-24-42-43(33-39)57(7,8)27-26-56(42,5)6/h13-25,30-35H,26-29H2,1-12H3. The average Bonchev–Trinajstić information content (AvgIpc) is 3.62. The van der Waals surface area contributed by atoms with Crippen molar-refractivity contribution in [2.24, 2.45) is 0 Å². The summed E-state index contributed by atoms with van der Waals surface area (Å²) in [4.78, 5) is 5.15. The summed E-state index contributed by atoms with van der Waals surface area (Å²) in [7, 11) is 0. The number of nitrogens with zero attached hydrogens (tertiary/aromatic N) is 2. The first kappa shape index (κ1) is 40.3. The van der Waals surface area contributed by atoms with E-state index in [2.05, 4.69) is 208 Å². The second-order valence-corrected chi connectivity index (χ2v) is 23.2. The van der Waals surface area contributed by atoms with Crippen molar-refractivity contribution in [2.75, 3.05) is 9.80 Å². The van der Waals surface area contributed by atoms with E-state index in [0.29, 0.717) is 0 Å². The highest BCUT2D eigenvalue weighted by atomic mass is 16.4. The minimum atomic E-state index is -0.0371. The molecule has 0 saturated heterocycles. The molecule has 3 heterocycles. The summed E-state index contributed by atoms with van der Waals surface area (Å²) in [6.45, 7) is 28.8. The zero-order valence-electron chi connectivity index (χ0n) is 39.7. The van der Waals surface area contributed by atoms with Gasteiger partial charge in [-0.2, -0.15) is 0 Å². The quantitative estimate of drug-likeness (QED) is 0.165. The normalized spacial score (nSPS) is 18.6. The van der Waals surface area contributed by atoms with Gasteiger partial charge in [-0.25, -0.2) is 0 Å². The van der Waals surface area contributed by atoms with Crippen LogP contribution in [0.15, 0.2) is 120 Å². The Kier molecular flexibility index (Phi) is 8.50. The van der Waals surface area contributed by atoms with E-state index in [1.807, 2.05) is 0 Å². The molecule has 0 unspecified atom stereocenters. The van der Waals surface area contributed by atoms with Crippen molar-refractivity contribution < 1.29 is 4.42 Å². The van der Waals surface area contributed by atoms with Crippen LogP contribution < -0.4 is 26.2 Å². The summed E-state index contributed by atoms with van der Waals surface area (Å²) in [6.07, 6.45) is 4.70. The van der Waals surface area contributed by atoms with Crippen LogP contribution in [-0.4, -0.2) is 6.71 Å². The minimum absolute atomic E-state index is 0.0214. The zero-order valence-corrected chi connectivity index (χ0v) is 39.7. The largest absolute Gasteiger partial charge is 0.440 e. The summed E-state index contributed by atoms with van der Waals surface area (Å²) in [5, 5.41) is 1.18. The Labute approximate surface area is 376 Å². The lowest BCUT2D eigenvalue weighted by Gasteiger charge is -2.47. The predicted octanol–water partition coefficient (Wildman–Crippen LogP) is 14.5. The fraction of sp³-hybridized carbons (Fsp3) is 0.356. The maximum absolute atomic E-state index is 7.27. The maximum Gasteiger partial charge on any atom is 0.257 e.